The van der Waals surface area contributed by atoms with E-state index in [2.05, 4.69) is 15.9 Å². The van der Waals surface area contributed by atoms with Gasteiger partial charge >= 0.3 is 0 Å². The van der Waals surface area contributed by atoms with E-state index in [1.54, 1.807) is 12.1 Å². The predicted molar refractivity (Wildman–Crippen MR) is 77.9 cm³/mol. The minimum atomic E-state index is -0.436. The highest BCUT2D eigenvalue weighted by atomic mass is 79.9. The van der Waals surface area contributed by atoms with Gasteiger partial charge in [0.2, 0.25) is 0 Å². The lowest BCUT2D eigenvalue weighted by Crippen LogP contribution is -1.98. The van der Waals surface area contributed by atoms with Crippen molar-refractivity contribution in [2.75, 3.05) is 0 Å². The van der Waals surface area contributed by atoms with E-state index in [4.69, 9.17) is 23.2 Å². The first-order chi connectivity index (χ1) is 8.58. The molecular weight excluding hydrogens is 338 g/mol. The molecule has 0 N–H and O–H groups in total. The fourth-order valence-electron chi connectivity index (χ4n) is 1.74. The van der Waals surface area contributed by atoms with E-state index in [1.165, 1.54) is 6.07 Å². The molecule has 1 unspecified atom stereocenters. The van der Waals surface area contributed by atoms with Gasteiger partial charge in [0.05, 0.1) is 10.4 Å². The zero-order chi connectivity index (χ0) is 13.1. The third kappa shape index (κ3) is 3.25. The molecular formula is C14H10BrCl2F. The average Bonchev–Trinajstić information content (AvgIpc) is 2.32. The van der Waals surface area contributed by atoms with E-state index in [9.17, 15) is 4.39 Å². The molecule has 0 aliphatic heterocycles. The number of rotatable bonds is 3. The van der Waals surface area contributed by atoms with Gasteiger partial charge in [0.15, 0.2) is 0 Å². The molecule has 0 fully saturated rings. The van der Waals surface area contributed by atoms with Gasteiger partial charge in [-0.2, -0.15) is 0 Å². The molecule has 0 aliphatic rings. The maximum atomic E-state index is 13.3. The highest BCUT2D eigenvalue weighted by molar-refractivity contribution is 9.10. The summed E-state index contributed by atoms with van der Waals surface area (Å²) in [6, 6.07) is 12.6. The van der Waals surface area contributed by atoms with Crippen molar-refractivity contribution in [2.24, 2.45) is 0 Å². The SMILES string of the molecule is Fc1cccc(C(Cl)Cc2cccc(Br)c2)c1Cl. The zero-order valence-corrected chi connectivity index (χ0v) is 12.4. The van der Waals surface area contributed by atoms with Crippen LogP contribution in [0.25, 0.3) is 0 Å². The Morgan fingerprint density at radius 2 is 1.89 bits per heavy atom. The van der Waals surface area contributed by atoms with E-state index in [1.807, 2.05) is 24.3 Å². The van der Waals surface area contributed by atoms with Gasteiger partial charge in [-0.15, -0.1) is 11.6 Å². The van der Waals surface area contributed by atoms with E-state index in [0.29, 0.717) is 12.0 Å². The highest BCUT2D eigenvalue weighted by Gasteiger charge is 2.15. The van der Waals surface area contributed by atoms with Crippen molar-refractivity contribution in [3.63, 3.8) is 0 Å². The Balaban J connectivity index is 2.22. The van der Waals surface area contributed by atoms with Gasteiger partial charge in [0.25, 0.3) is 0 Å². The predicted octanol–water partition coefficient (Wildman–Crippen LogP) is 5.76. The lowest BCUT2D eigenvalue weighted by molar-refractivity contribution is 0.625. The van der Waals surface area contributed by atoms with Crippen LogP contribution in [-0.4, -0.2) is 0 Å². The standard InChI is InChI=1S/C14H10BrCl2F/c15-10-4-1-3-9(7-10)8-12(16)11-5-2-6-13(18)14(11)17/h1-7,12H,8H2. The Morgan fingerprint density at radius 3 is 2.61 bits per heavy atom. The molecule has 0 aliphatic carbocycles. The van der Waals surface area contributed by atoms with Crippen LogP contribution in [0, 0.1) is 5.82 Å². The van der Waals surface area contributed by atoms with Crippen LogP contribution in [0.5, 0.6) is 0 Å². The summed E-state index contributed by atoms with van der Waals surface area (Å²) in [5.74, 6) is -0.436. The van der Waals surface area contributed by atoms with Crippen molar-refractivity contribution in [3.8, 4) is 0 Å². The topological polar surface area (TPSA) is 0 Å². The molecule has 0 saturated carbocycles. The second-order valence-corrected chi connectivity index (χ2v) is 5.77. The summed E-state index contributed by atoms with van der Waals surface area (Å²) in [7, 11) is 0. The summed E-state index contributed by atoms with van der Waals surface area (Å²) in [4.78, 5) is 0. The first-order valence-corrected chi connectivity index (χ1v) is 7.01. The summed E-state index contributed by atoms with van der Waals surface area (Å²) >= 11 is 15.6. The summed E-state index contributed by atoms with van der Waals surface area (Å²) < 4.78 is 14.3. The third-order valence-electron chi connectivity index (χ3n) is 2.62. The molecule has 0 radical (unpaired) electrons. The zero-order valence-electron chi connectivity index (χ0n) is 9.34. The van der Waals surface area contributed by atoms with Crippen LogP contribution < -0.4 is 0 Å². The molecule has 0 amide bonds. The van der Waals surface area contributed by atoms with Crippen molar-refractivity contribution >= 4 is 39.1 Å². The van der Waals surface area contributed by atoms with Crippen LogP contribution in [-0.2, 0) is 6.42 Å². The molecule has 0 heterocycles. The minimum absolute atomic E-state index is 0.104. The lowest BCUT2D eigenvalue weighted by Gasteiger charge is -2.12. The molecule has 0 saturated heterocycles. The first-order valence-electron chi connectivity index (χ1n) is 5.40. The maximum absolute atomic E-state index is 13.3. The Bertz CT molecular complexity index is 557. The Labute approximate surface area is 124 Å². The van der Waals surface area contributed by atoms with Gasteiger partial charge < -0.3 is 0 Å². The normalized spacial score (nSPS) is 12.4. The molecule has 4 heteroatoms. The lowest BCUT2D eigenvalue weighted by atomic mass is 10.0. The molecule has 1 atom stereocenters. The minimum Gasteiger partial charge on any atom is -0.205 e. The van der Waals surface area contributed by atoms with Crippen molar-refractivity contribution in [2.45, 2.75) is 11.8 Å². The molecule has 18 heavy (non-hydrogen) atoms. The van der Waals surface area contributed by atoms with E-state index >= 15 is 0 Å². The summed E-state index contributed by atoms with van der Waals surface area (Å²) in [6.07, 6.45) is 0.601. The van der Waals surface area contributed by atoms with Crippen LogP contribution >= 0.6 is 39.1 Å². The van der Waals surface area contributed by atoms with Crippen molar-refractivity contribution < 1.29 is 4.39 Å². The van der Waals surface area contributed by atoms with Crippen molar-refractivity contribution in [1.29, 1.82) is 0 Å². The molecule has 94 valence electrons. The van der Waals surface area contributed by atoms with Gasteiger partial charge in [0.1, 0.15) is 5.82 Å². The van der Waals surface area contributed by atoms with Gasteiger partial charge in [-0.05, 0) is 35.7 Å². The second kappa shape index (κ2) is 6.05. The molecule has 2 aromatic rings. The number of alkyl halides is 1. The molecule has 0 nitrogen and oxygen atoms in total. The van der Waals surface area contributed by atoms with Gasteiger partial charge in [0, 0.05) is 4.47 Å². The Hall–Kier alpha value is -0.570. The van der Waals surface area contributed by atoms with E-state index < -0.39 is 5.82 Å². The average molecular weight is 348 g/mol. The van der Waals surface area contributed by atoms with Crippen LogP contribution in [0.15, 0.2) is 46.9 Å². The first kappa shape index (κ1) is 13.9. The highest BCUT2D eigenvalue weighted by Crippen LogP contribution is 2.32. The molecule has 0 bridgehead atoms. The fraction of sp³-hybridized carbons (Fsp3) is 0.143. The Morgan fingerprint density at radius 1 is 1.17 bits per heavy atom. The van der Waals surface area contributed by atoms with Crippen molar-refractivity contribution in [3.05, 3.63) is 68.9 Å². The summed E-state index contributed by atoms with van der Waals surface area (Å²) in [5, 5.41) is -0.241. The maximum Gasteiger partial charge on any atom is 0.142 e. The summed E-state index contributed by atoms with van der Waals surface area (Å²) in [6.45, 7) is 0. The number of halogens is 4. The molecule has 2 rings (SSSR count). The van der Waals surface area contributed by atoms with Gasteiger partial charge in [-0.3, -0.25) is 0 Å². The molecule has 0 aromatic heterocycles. The largest absolute Gasteiger partial charge is 0.205 e. The van der Waals surface area contributed by atoms with Crippen LogP contribution in [0.3, 0.4) is 0 Å². The molecule has 2 aromatic carbocycles. The second-order valence-electron chi connectivity index (χ2n) is 3.94. The van der Waals surface area contributed by atoms with E-state index in [-0.39, 0.29) is 10.4 Å². The third-order valence-corrected chi connectivity index (χ3v) is 3.90. The quantitative estimate of drug-likeness (QED) is 0.619. The van der Waals surface area contributed by atoms with Crippen LogP contribution in [0.1, 0.15) is 16.5 Å². The summed E-state index contributed by atoms with van der Waals surface area (Å²) in [5.41, 5.74) is 1.70. The smallest absolute Gasteiger partial charge is 0.142 e. The van der Waals surface area contributed by atoms with Crippen LogP contribution in [0.2, 0.25) is 5.02 Å². The van der Waals surface area contributed by atoms with Crippen molar-refractivity contribution in [1.82, 2.24) is 0 Å². The number of benzene rings is 2. The Kier molecular flexibility index (Phi) is 4.66. The molecule has 0 spiro atoms. The van der Waals surface area contributed by atoms with Gasteiger partial charge in [-0.1, -0.05) is 51.8 Å². The van der Waals surface area contributed by atoms with Crippen LogP contribution in [0.4, 0.5) is 4.39 Å². The fourth-order valence-corrected chi connectivity index (χ4v) is 2.86. The monoisotopic (exact) mass is 346 g/mol. The number of hydrogen-bond donors (Lipinski definition) is 0. The van der Waals surface area contributed by atoms with Gasteiger partial charge in [-0.25, -0.2) is 4.39 Å². The van der Waals surface area contributed by atoms with E-state index in [0.717, 1.165) is 10.0 Å². The number of hydrogen-bond acceptors (Lipinski definition) is 0.